The lowest BCUT2D eigenvalue weighted by atomic mass is 9.95. The standard InChI is InChI=1S/C23H27FN2O2/c1-16-2-4-18(5-3-16)22(27)15-25-10-8-17(9-11-25)13-26-14-19-12-20(24)6-7-21(19)23(26)28/h2-7,12,17,22,27H,8-11,13-15H2,1H3. The van der Waals surface area contributed by atoms with Gasteiger partial charge in [-0.05, 0) is 68.1 Å². The smallest absolute Gasteiger partial charge is 0.254 e. The summed E-state index contributed by atoms with van der Waals surface area (Å²) in [5, 5.41) is 10.5. The van der Waals surface area contributed by atoms with Crippen LogP contribution >= 0.6 is 0 Å². The first-order valence-corrected chi connectivity index (χ1v) is 10.0. The van der Waals surface area contributed by atoms with E-state index in [1.54, 1.807) is 6.07 Å². The van der Waals surface area contributed by atoms with Gasteiger partial charge >= 0.3 is 0 Å². The lowest BCUT2D eigenvalue weighted by molar-refractivity contribution is 0.0654. The minimum atomic E-state index is -0.471. The van der Waals surface area contributed by atoms with E-state index in [4.69, 9.17) is 0 Å². The number of aryl methyl sites for hydroxylation is 1. The highest BCUT2D eigenvalue weighted by molar-refractivity contribution is 5.98. The summed E-state index contributed by atoms with van der Waals surface area (Å²) < 4.78 is 13.4. The second kappa shape index (κ2) is 8.02. The van der Waals surface area contributed by atoms with E-state index in [2.05, 4.69) is 4.90 Å². The zero-order valence-electron chi connectivity index (χ0n) is 16.3. The number of fused-ring (bicyclic) bond motifs is 1. The second-order valence-corrected chi connectivity index (χ2v) is 8.16. The van der Waals surface area contributed by atoms with Crippen molar-refractivity contribution in [3.8, 4) is 0 Å². The van der Waals surface area contributed by atoms with Gasteiger partial charge in [-0.3, -0.25) is 4.79 Å². The van der Waals surface area contributed by atoms with Crippen molar-refractivity contribution in [2.75, 3.05) is 26.2 Å². The fourth-order valence-electron chi connectivity index (χ4n) is 4.30. The molecular weight excluding hydrogens is 355 g/mol. The molecule has 0 aliphatic carbocycles. The number of likely N-dealkylation sites (tertiary alicyclic amines) is 1. The van der Waals surface area contributed by atoms with Crippen LogP contribution in [0.4, 0.5) is 4.39 Å². The maximum atomic E-state index is 13.4. The number of aliphatic hydroxyl groups excluding tert-OH is 1. The number of hydrogen-bond acceptors (Lipinski definition) is 3. The summed E-state index contributed by atoms with van der Waals surface area (Å²) >= 11 is 0. The molecule has 1 N–H and O–H groups in total. The monoisotopic (exact) mass is 382 g/mol. The summed E-state index contributed by atoms with van der Waals surface area (Å²) in [4.78, 5) is 16.7. The number of halogens is 1. The Hall–Kier alpha value is -2.24. The molecule has 0 saturated carbocycles. The van der Waals surface area contributed by atoms with Crippen LogP contribution in [0.3, 0.4) is 0 Å². The Kier molecular flexibility index (Phi) is 5.47. The molecule has 1 unspecified atom stereocenters. The fourth-order valence-corrected chi connectivity index (χ4v) is 4.30. The van der Waals surface area contributed by atoms with Crippen LogP contribution < -0.4 is 0 Å². The molecule has 4 nitrogen and oxygen atoms in total. The van der Waals surface area contributed by atoms with Crippen molar-refractivity contribution in [1.29, 1.82) is 0 Å². The van der Waals surface area contributed by atoms with Gasteiger partial charge in [0.25, 0.3) is 5.91 Å². The lowest BCUT2D eigenvalue weighted by Crippen LogP contribution is -2.40. The first kappa shape index (κ1) is 19.1. The van der Waals surface area contributed by atoms with Crippen LogP contribution in [-0.2, 0) is 6.54 Å². The van der Waals surface area contributed by atoms with E-state index >= 15 is 0 Å². The summed E-state index contributed by atoms with van der Waals surface area (Å²) in [6.45, 7) is 5.78. The molecule has 2 aliphatic heterocycles. The molecule has 0 radical (unpaired) electrons. The number of amides is 1. The first-order chi connectivity index (χ1) is 13.5. The van der Waals surface area contributed by atoms with Crippen LogP contribution in [0.2, 0.25) is 0 Å². The quantitative estimate of drug-likeness (QED) is 0.860. The van der Waals surface area contributed by atoms with Crippen molar-refractivity contribution >= 4 is 5.91 Å². The van der Waals surface area contributed by atoms with Crippen LogP contribution in [0, 0.1) is 18.7 Å². The number of piperidine rings is 1. The van der Waals surface area contributed by atoms with E-state index in [1.807, 2.05) is 36.1 Å². The SMILES string of the molecule is Cc1ccc(C(O)CN2CCC(CN3Cc4cc(F)ccc4C3=O)CC2)cc1. The molecular formula is C23H27FN2O2. The van der Waals surface area contributed by atoms with Crippen LogP contribution in [-0.4, -0.2) is 47.0 Å². The Bertz CT molecular complexity index is 844. The predicted octanol–water partition coefficient (Wildman–Crippen LogP) is 3.54. The van der Waals surface area contributed by atoms with Gasteiger partial charge in [0.2, 0.25) is 0 Å². The van der Waals surface area contributed by atoms with Gasteiger partial charge in [0.05, 0.1) is 6.10 Å². The molecule has 0 spiro atoms. The Labute approximate surface area is 165 Å². The molecule has 2 heterocycles. The van der Waals surface area contributed by atoms with Crippen molar-refractivity contribution in [3.05, 3.63) is 70.5 Å². The van der Waals surface area contributed by atoms with Crippen molar-refractivity contribution in [3.63, 3.8) is 0 Å². The average Bonchev–Trinajstić information content (AvgIpc) is 2.98. The van der Waals surface area contributed by atoms with Crippen LogP contribution in [0.25, 0.3) is 0 Å². The number of rotatable bonds is 5. The minimum Gasteiger partial charge on any atom is -0.387 e. The van der Waals surface area contributed by atoms with Crippen molar-refractivity contribution in [2.45, 2.75) is 32.4 Å². The number of aliphatic hydroxyl groups is 1. The summed E-state index contributed by atoms with van der Waals surface area (Å²) in [5.41, 5.74) is 3.59. The summed E-state index contributed by atoms with van der Waals surface area (Å²) in [5.74, 6) is 0.192. The van der Waals surface area contributed by atoms with Crippen LogP contribution in [0.5, 0.6) is 0 Å². The van der Waals surface area contributed by atoms with Gasteiger partial charge in [0, 0.05) is 25.2 Å². The number of carbonyl (C=O) groups excluding carboxylic acids is 1. The Balaban J connectivity index is 1.27. The molecule has 1 saturated heterocycles. The Morgan fingerprint density at radius 3 is 2.57 bits per heavy atom. The molecule has 28 heavy (non-hydrogen) atoms. The summed E-state index contributed by atoms with van der Waals surface area (Å²) in [6, 6.07) is 12.5. The van der Waals surface area contributed by atoms with E-state index in [1.165, 1.54) is 17.7 Å². The normalized spacial score (nSPS) is 19.1. The molecule has 5 heteroatoms. The minimum absolute atomic E-state index is 0.0206. The maximum Gasteiger partial charge on any atom is 0.254 e. The summed E-state index contributed by atoms with van der Waals surface area (Å²) in [7, 11) is 0. The van der Waals surface area contributed by atoms with E-state index in [-0.39, 0.29) is 11.7 Å². The third-order valence-corrected chi connectivity index (χ3v) is 6.03. The van der Waals surface area contributed by atoms with E-state index in [0.29, 0.717) is 24.6 Å². The van der Waals surface area contributed by atoms with Crippen LogP contribution in [0.15, 0.2) is 42.5 Å². The maximum absolute atomic E-state index is 13.4. The first-order valence-electron chi connectivity index (χ1n) is 10.0. The van der Waals surface area contributed by atoms with Crippen molar-refractivity contribution in [1.82, 2.24) is 9.80 Å². The third-order valence-electron chi connectivity index (χ3n) is 6.03. The molecule has 1 atom stereocenters. The molecule has 2 aliphatic rings. The molecule has 0 aromatic heterocycles. The number of nitrogens with zero attached hydrogens (tertiary/aromatic N) is 2. The molecule has 1 fully saturated rings. The third kappa shape index (κ3) is 4.10. The molecule has 148 valence electrons. The largest absolute Gasteiger partial charge is 0.387 e. The van der Waals surface area contributed by atoms with Gasteiger partial charge < -0.3 is 14.9 Å². The van der Waals surface area contributed by atoms with Gasteiger partial charge in [-0.2, -0.15) is 0 Å². The molecule has 1 amide bonds. The average molecular weight is 382 g/mol. The Morgan fingerprint density at radius 1 is 1.14 bits per heavy atom. The number of β-amino-alcohol motifs (C(OH)–C–C–N with tert-alkyl or cyclic N) is 1. The Morgan fingerprint density at radius 2 is 1.86 bits per heavy atom. The highest BCUT2D eigenvalue weighted by atomic mass is 19.1. The molecule has 2 aromatic rings. The van der Waals surface area contributed by atoms with Gasteiger partial charge in [0.15, 0.2) is 0 Å². The van der Waals surface area contributed by atoms with Gasteiger partial charge in [-0.1, -0.05) is 29.8 Å². The van der Waals surface area contributed by atoms with E-state index in [9.17, 15) is 14.3 Å². The van der Waals surface area contributed by atoms with Gasteiger partial charge in [0.1, 0.15) is 5.82 Å². The zero-order valence-corrected chi connectivity index (χ0v) is 16.3. The van der Waals surface area contributed by atoms with Crippen molar-refractivity contribution in [2.24, 2.45) is 5.92 Å². The second-order valence-electron chi connectivity index (χ2n) is 8.16. The molecule has 4 rings (SSSR count). The lowest BCUT2D eigenvalue weighted by Gasteiger charge is -2.34. The van der Waals surface area contributed by atoms with Gasteiger partial charge in [-0.15, -0.1) is 0 Å². The molecule has 0 bridgehead atoms. The number of hydrogen-bond donors (Lipinski definition) is 1. The topological polar surface area (TPSA) is 43.8 Å². The van der Waals surface area contributed by atoms with Crippen LogP contribution in [0.1, 0.15) is 46.0 Å². The highest BCUT2D eigenvalue weighted by Crippen LogP contribution is 2.27. The van der Waals surface area contributed by atoms with Crippen molar-refractivity contribution < 1.29 is 14.3 Å². The van der Waals surface area contributed by atoms with Gasteiger partial charge in [-0.25, -0.2) is 4.39 Å². The van der Waals surface area contributed by atoms with E-state index < -0.39 is 6.10 Å². The highest BCUT2D eigenvalue weighted by Gasteiger charge is 2.31. The number of carbonyl (C=O) groups is 1. The zero-order chi connectivity index (χ0) is 19.7. The number of benzene rings is 2. The molecule has 2 aromatic carbocycles. The predicted molar refractivity (Wildman–Crippen MR) is 106 cm³/mol. The fraction of sp³-hybridized carbons (Fsp3) is 0.435. The summed E-state index contributed by atoms with van der Waals surface area (Å²) in [6.07, 6.45) is 1.55. The van der Waals surface area contributed by atoms with E-state index in [0.717, 1.165) is 43.6 Å².